The van der Waals surface area contributed by atoms with Crippen LogP contribution in [0, 0.1) is 0 Å². The molecule has 1 unspecified atom stereocenters. The molecule has 0 rings (SSSR count). The summed E-state index contributed by atoms with van der Waals surface area (Å²) < 4.78 is 0. The van der Waals surface area contributed by atoms with Crippen molar-refractivity contribution in [1.82, 2.24) is 21.3 Å². The van der Waals surface area contributed by atoms with Crippen molar-refractivity contribution in [2.75, 3.05) is 27.2 Å². The number of rotatable bonds is 12. The molecule has 2 amide bonds. The maximum absolute atomic E-state index is 12.0. The van der Waals surface area contributed by atoms with Crippen LogP contribution in [-0.4, -0.2) is 74.5 Å². The third kappa shape index (κ3) is 7.68. The minimum Gasteiger partial charge on any atom is -0.480 e. The molecule has 0 saturated heterocycles. The molecule has 0 radical (unpaired) electrons. The van der Waals surface area contributed by atoms with E-state index in [-0.39, 0.29) is 25.9 Å². The van der Waals surface area contributed by atoms with E-state index in [0.29, 0.717) is 6.29 Å². The second-order valence-corrected chi connectivity index (χ2v) is 4.81. The van der Waals surface area contributed by atoms with Crippen molar-refractivity contribution in [2.24, 2.45) is 5.73 Å². The molecule has 132 valence electrons. The fourth-order valence-electron chi connectivity index (χ4n) is 1.80. The summed E-state index contributed by atoms with van der Waals surface area (Å²) in [5.41, 5.74) is 5.39. The first-order valence-corrected chi connectivity index (χ1v) is 7.20. The van der Waals surface area contributed by atoms with Gasteiger partial charge in [0.2, 0.25) is 11.8 Å². The number of carboxylic acids is 1. The molecule has 0 saturated carbocycles. The van der Waals surface area contributed by atoms with E-state index in [1.165, 1.54) is 7.05 Å². The van der Waals surface area contributed by atoms with Crippen LogP contribution in [0.15, 0.2) is 0 Å². The molecule has 7 N–H and O–H groups in total. The minimum absolute atomic E-state index is 0.0555. The minimum atomic E-state index is -1.28. The Morgan fingerprint density at radius 3 is 2.13 bits per heavy atom. The molecule has 0 bridgehead atoms. The van der Waals surface area contributed by atoms with Crippen molar-refractivity contribution < 1.29 is 24.3 Å². The van der Waals surface area contributed by atoms with Gasteiger partial charge in [0.1, 0.15) is 12.3 Å². The lowest BCUT2D eigenvalue weighted by Gasteiger charge is -2.21. The number of hydrogen-bond acceptors (Lipinski definition) is 7. The third-order valence-corrected chi connectivity index (χ3v) is 3.23. The lowest BCUT2D eigenvalue weighted by molar-refractivity contribution is -0.142. The largest absolute Gasteiger partial charge is 0.480 e. The van der Waals surface area contributed by atoms with E-state index in [4.69, 9.17) is 10.8 Å². The van der Waals surface area contributed by atoms with E-state index in [1.54, 1.807) is 7.05 Å². The molecule has 0 aromatic heterocycles. The van der Waals surface area contributed by atoms with Gasteiger partial charge in [-0.3, -0.25) is 9.59 Å². The summed E-state index contributed by atoms with van der Waals surface area (Å²) >= 11 is 0. The monoisotopic (exact) mass is 331 g/mol. The zero-order chi connectivity index (χ0) is 17.8. The molecule has 0 aliphatic rings. The average Bonchev–Trinajstić information content (AvgIpc) is 2.52. The van der Waals surface area contributed by atoms with Crippen molar-refractivity contribution in [3.05, 3.63) is 0 Å². The topological polar surface area (TPSA) is 163 Å². The van der Waals surface area contributed by atoms with Gasteiger partial charge in [0, 0.05) is 19.5 Å². The average molecular weight is 331 g/mol. The number of hydrogen-bond donors (Lipinski definition) is 6. The van der Waals surface area contributed by atoms with Crippen molar-refractivity contribution in [1.29, 1.82) is 0 Å². The summed E-state index contributed by atoms with van der Waals surface area (Å²) in [7, 11) is 3.09. The maximum Gasteiger partial charge on any atom is 0.328 e. The quantitative estimate of drug-likeness (QED) is 0.203. The molecular weight excluding hydrogens is 306 g/mol. The van der Waals surface area contributed by atoms with Crippen molar-refractivity contribution in [2.45, 2.75) is 31.0 Å². The Morgan fingerprint density at radius 2 is 1.70 bits per heavy atom. The number of aliphatic carboxylic acids is 1. The number of aldehydes is 1. The molecule has 23 heavy (non-hydrogen) atoms. The fourth-order valence-corrected chi connectivity index (χ4v) is 1.80. The van der Waals surface area contributed by atoms with E-state index in [9.17, 15) is 19.2 Å². The SMILES string of the molecule is CN[C@@H](CN)C(=O)NCC(NC(=O)[C@H](CCC=O)NC)C(=O)O. The summed E-state index contributed by atoms with van der Waals surface area (Å²) in [6.07, 6.45) is 1.10. The van der Waals surface area contributed by atoms with Gasteiger partial charge in [0.25, 0.3) is 0 Å². The van der Waals surface area contributed by atoms with Gasteiger partial charge >= 0.3 is 5.97 Å². The molecule has 0 spiro atoms. The first-order valence-electron chi connectivity index (χ1n) is 7.20. The van der Waals surface area contributed by atoms with Crippen LogP contribution in [0.4, 0.5) is 0 Å². The van der Waals surface area contributed by atoms with Crippen LogP contribution in [0.1, 0.15) is 12.8 Å². The lowest BCUT2D eigenvalue weighted by Crippen LogP contribution is -2.55. The standard InChI is InChI=1S/C13H25N5O5/c1-15-8(4-3-5-19)12(21)18-10(13(22)23)7-17-11(20)9(6-14)16-2/h5,8-10,15-16H,3-4,6-7,14H2,1-2H3,(H,17,20)(H,18,21)(H,22,23)/t8-,9-,10?/m0/s1. The smallest absolute Gasteiger partial charge is 0.328 e. The summed E-state index contributed by atoms with van der Waals surface area (Å²) in [5.74, 6) is -2.29. The van der Waals surface area contributed by atoms with Gasteiger partial charge in [0.05, 0.1) is 12.1 Å². The molecule has 0 heterocycles. The lowest BCUT2D eigenvalue weighted by atomic mass is 10.1. The summed E-state index contributed by atoms with van der Waals surface area (Å²) in [5, 5.41) is 19.3. The van der Waals surface area contributed by atoms with Crippen LogP contribution in [0.5, 0.6) is 0 Å². The van der Waals surface area contributed by atoms with E-state index in [1.807, 2.05) is 0 Å². The Morgan fingerprint density at radius 1 is 1.09 bits per heavy atom. The van der Waals surface area contributed by atoms with E-state index in [2.05, 4.69) is 21.3 Å². The number of nitrogens with two attached hydrogens (primary N) is 1. The highest BCUT2D eigenvalue weighted by Crippen LogP contribution is 1.96. The number of likely N-dealkylation sites (N-methyl/N-ethyl adjacent to an activating group) is 2. The van der Waals surface area contributed by atoms with Crippen LogP contribution in [-0.2, 0) is 19.2 Å². The molecule has 0 aromatic rings. The van der Waals surface area contributed by atoms with Crippen molar-refractivity contribution in [3.8, 4) is 0 Å². The van der Waals surface area contributed by atoms with E-state index in [0.717, 1.165) is 0 Å². The molecule has 10 heteroatoms. The highest BCUT2D eigenvalue weighted by molar-refractivity contribution is 5.88. The molecule has 3 atom stereocenters. The number of carboxylic acid groups (broad SMARTS) is 1. The van der Waals surface area contributed by atoms with Crippen LogP contribution < -0.4 is 27.0 Å². The highest BCUT2D eigenvalue weighted by atomic mass is 16.4. The van der Waals surface area contributed by atoms with Crippen LogP contribution in [0.2, 0.25) is 0 Å². The van der Waals surface area contributed by atoms with E-state index >= 15 is 0 Å². The normalized spacial score (nSPS) is 14.4. The molecular formula is C13H25N5O5. The van der Waals surface area contributed by atoms with Gasteiger partial charge in [0.15, 0.2) is 0 Å². The predicted molar refractivity (Wildman–Crippen MR) is 82.6 cm³/mol. The summed E-state index contributed by atoms with van der Waals surface area (Å²) in [6, 6.07) is -2.61. The maximum atomic E-state index is 12.0. The molecule has 0 aliphatic carbocycles. The number of carbonyl (C=O) groups is 4. The van der Waals surface area contributed by atoms with Gasteiger partial charge < -0.3 is 36.9 Å². The molecule has 0 aliphatic heterocycles. The van der Waals surface area contributed by atoms with Gasteiger partial charge in [-0.1, -0.05) is 0 Å². The number of nitrogens with one attached hydrogen (secondary N) is 4. The molecule has 10 nitrogen and oxygen atoms in total. The highest BCUT2D eigenvalue weighted by Gasteiger charge is 2.25. The third-order valence-electron chi connectivity index (χ3n) is 3.23. The first kappa shape index (κ1) is 21.0. The summed E-state index contributed by atoms with van der Waals surface area (Å²) in [6.45, 7) is -0.220. The summed E-state index contributed by atoms with van der Waals surface area (Å²) in [4.78, 5) is 45.3. The van der Waals surface area contributed by atoms with Gasteiger partial charge in [-0.2, -0.15) is 0 Å². The molecule has 0 aromatic carbocycles. The molecule has 0 fully saturated rings. The first-order chi connectivity index (χ1) is 10.9. The van der Waals surface area contributed by atoms with Crippen molar-refractivity contribution in [3.63, 3.8) is 0 Å². The Balaban J connectivity index is 4.62. The van der Waals surface area contributed by atoms with Crippen molar-refractivity contribution >= 4 is 24.1 Å². The Labute approximate surface area is 134 Å². The Hall–Kier alpha value is -2.04. The van der Waals surface area contributed by atoms with Gasteiger partial charge in [-0.15, -0.1) is 0 Å². The predicted octanol–water partition coefficient (Wildman–Crippen LogP) is -3.21. The number of amides is 2. The van der Waals surface area contributed by atoms with Crippen LogP contribution >= 0.6 is 0 Å². The van der Waals surface area contributed by atoms with Crippen LogP contribution in [0.25, 0.3) is 0 Å². The number of carbonyl (C=O) groups excluding carboxylic acids is 3. The van der Waals surface area contributed by atoms with Gasteiger partial charge in [-0.25, -0.2) is 4.79 Å². The fraction of sp³-hybridized carbons (Fsp3) is 0.692. The van der Waals surface area contributed by atoms with Crippen LogP contribution in [0.3, 0.4) is 0 Å². The van der Waals surface area contributed by atoms with Gasteiger partial charge in [-0.05, 0) is 20.5 Å². The second kappa shape index (κ2) is 11.5. The zero-order valence-electron chi connectivity index (χ0n) is 13.3. The van der Waals surface area contributed by atoms with E-state index < -0.39 is 35.9 Å². The zero-order valence-corrected chi connectivity index (χ0v) is 13.3. The Kier molecular flexibility index (Phi) is 10.5. The second-order valence-electron chi connectivity index (χ2n) is 4.81. The Bertz CT molecular complexity index is 414.